The molecule has 1 amide bonds. The molecule has 1 aromatic rings. The summed E-state index contributed by atoms with van der Waals surface area (Å²) in [6.45, 7) is 0.966. The van der Waals surface area contributed by atoms with E-state index in [1.165, 1.54) is 18.2 Å². The standard InChI is InChI=1S/C15H19FN2O3S/c1-22(20,21)17-14-3-2-10-18(11-14)15(19)9-6-12-4-7-13(16)8-5-12/h4-9,14,17H,2-3,10-11H2,1H3. The highest BCUT2D eigenvalue weighted by atomic mass is 32.2. The second-order valence-corrected chi connectivity index (χ2v) is 7.18. The van der Waals surface area contributed by atoms with Gasteiger partial charge in [-0.2, -0.15) is 0 Å². The molecule has 1 saturated heterocycles. The Morgan fingerprint density at radius 1 is 1.36 bits per heavy atom. The topological polar surface area (TPSA) is 66.5 Å². The van der Waals surface area contributed by atoms with Gasteiger partial charge in [0.15, 0.2) is 0 Å². The van der Waals surface area contributed by atoms with E-state index in [0.717, 1.165) is 24.7 Å². The second kappa shape index (κ2) is 7.02. The van der Waals surface area contributed by atoms with Crippen molar-refractivity contribution in [2.24, 2.45) is 0 Å². The average molecular weight is 326 g/mol. The summed E-state index contributed by atoms with van der Waals surface area (Å²) in [4.78, 5) is 13.8. The lowest BCUT2D eigenvalue weighted by molar-refractivity contribution is -0.127. The first kappa shape index (κ1) is 16.6. The van der Waals surface area contributed by atoms with Crippen molar-refractivity contribution in [3.05, 3.63) is 41.7 Å². The summed E-state index contributed by atoms with van der Waals surface area (Å²) in [5.41, 5.74) is 0.734. The predicted molar refractivity (Wildman–Crippen MR) is 83.0 cm³/mol. The van der Waals surface area contributed by atoms with E-state index in [9.17, 15) is 17.6 Å². The number of hydrogen-bond donors (Lipinski definition) is 1. The summed E-state index contributed by atoms with van der Waals surface area (Å²) < 4.78 is 37.8. The summed E-state index contributed by atoms with van der Waals surface area (Å²) in [5.74, 6) is -0.501. The Morgan fingerprint density at radius 3 is 2.68 bits per heavy atom. The predicted octanol–water partition coefficient (Wildman–Crippen LogP) is 1.38. The Morgan fingerprint density at radius 2 is 2.05 bits per heavy atom. The number of likely N-dealkylation sites (tertiary alicyclic amines) is 1. The maximum absolute atomic E-state index is 12.8. The first-order chi connectivity index (χ1) is 10.3. The lowest BCUT2D eigenvalue weighted by Crippen LogP contribution is -2.48. The Hall–Kier alpha value is -1.73. The zero-order valence-corrected chi connectivity index (χ0v) is 13.1. The van der Waals surface area contributed by atoms with Gasteiger partial charge in [0.1, 0.15) is 5.82 Å². The summed E-state index contributed by atoms with van der Waals surface area (Å²) in [5, 5.41) is 0. The Kier molecular flexibility index (Phi) is 5.31. The van der Waals surface area contributed by atoms with E-state index in [1.807, 2.05) is 0 Å². The van der Waals surface area contributed by atoms with Crippen molar-refractivity contribution in [2.75, 3.05) is 19.3 Å². The molecule has 0 saturated carbocycles. The fourth-order valence-electron chi connectivity index (χ4n) is 2.42. The van der Waals surface area contributed by atoms with Gasteiger partial charge in [0.25, 0.3) is 0 Å². The van der Waals surface area contributed by atoms with Crippen LogP contribution in [0.4, 0.5) is 4.39 Å². The second-order valence-electron chi connectivity index (χ2n) is 5.40. The maximum Gasteiger partial charge on any atom is 0.246 e. The number of carbonyl (C=O) groups excluding carboxylic acids is 1. The van der Waals surface area contributed by atoms with Gasteiger partial charge < -0.3 is 4.90 Å². The van der Waals surface area contributed by atoms with E-state index < -0.39 is 10.0 Å². The largest absolute Gasteiger partial charge is 0.338 e. The van der Waals surface area contributed by atoms with Crippen LogP contribution in [0, 0.1) is 5.82 Å². The molecule has 1 aliphatic heterocycles. The highest BCUT2D eigenvalue weighted by molar-refractivity contribution is 7.88. The molecule has 2 rings (SSSR count). The van der Waals surface area contributed by atoms with Gasteiger partial charge >= 0.3 is 0 Å². The molecule has 5 nitrogen and oxygen atoms in total. The summed E-state index contributed by atoms with van der Waals surface area (Å²) >= 11 is 0. The third-order valence-corrected chi connectivity index (χ3v) is 4.16. The SMILES string of the molecule is CS(=O)(=O)NC1CCCN(C(=O)C=Cc2ccc(F)cc2)C1. The molecule has 1 aliphatic rings. The summed E-state index contributed by atoms with van der Waals surface area (Å²) in [7, 11) is -3.27. The first-order valence-electron chi connectivity index (χ1n) is 7.03. The van der Waals surface area contributed by atoms with Gasteiger partial charge in [-0.05, 0) is 36.6 Å². The van der Waals surface area contributed by atoms with Gasteiger partial charge in [0.05, 0.1) is 6.26 Å². The number of nitrogens with zero attached hydrogens (tertiary/aromatic N) is 1. The van der Waals surface area contributed by atoms with Crippen LogP contribution in [0.25, 0.3) is 6.08 Å². The third-order valence-electron chi connectivity index (χ3n) is 3.40. The Labute approximate surface area is 129 Å². The van der Waals surface area contributed by atoms with Crippen LogP contribution >= 0.6 is 0 Å². The first-order valence-corrected chi connectivity index (χ1v) is 8.92. The van der Waals surface area contributed by atoms with E-state index in [0.29, 0.717) is 13.1 Å². The molecule has 1 aromatic carbocycles. The normalized spacial score (nSPS) is 19.5. The van der Waals surface area contributed by atoms with Crippen molar-refractivity contribution in [2.45, 2.75) is 18.9 Å². The highest BCUT2D eigenvalue weighted by Gasteiger charge is 2.24. The Bertz CT molecular complexity index is 656. The van der Waals surface area contributed by atoms with E-state index in [4.69, 9.17) is 0 Å². The number of carbonyl (C=O) groups is 1. The van der Waals surface area contributed by atoms with Crippen molar-refractivity contribution >= 4 is 22.0 Å². The maximum atomic E-state index is 12.8. The number of nitrogens with one attached hydrogen (secondary N) is 1. The van der Waals surface area contributed by atoms with Crippen molar-refractivity contribution in [3.8, 4) is 0 Å². The smallest absolute Gasteiger partial charge is 0.246 e. The molecular formula is C15H19FN2O3S. The fourth-order valence-corrected chi connectivity index (χ4v) is 3.22. The molecule has 0 aromatic heterocycles. The lowest BCUT2D eigenvalue weighted by Gasteiger charge is -2.32. The molecule has 1 atom stereocenters. The van der Waals surface area contributed by atoms with Crippen LogP contribution in [0.15, 0.2) is 30.3 Å². The van der Waals surface area contributed by atoms with E-state index in [2.05, 4.69) is 4.72 Å². The monoisotopic (exact) mass is 326 g/mol. The molecular weight excluding hydrogens is 307 g/mol. The van der Waals surface area contributed by atoms with Crippen LogP contribution in [0.3, 0.4) is 0 Å². The van der Waals surface area contributed by atoms with Crippen LogP contribution in [-0.4, -0.2) is 44.6 Å². The molecule has 1 fully saturated rings. The summed E-state index contributed by atoms with van der Waals surface area (Å²) in [6, 6.07) is 5.59. The molecule has 22 heavy (non-hydrogen) atoms. The van der Waals surface area contributed by atoms with Gasteiger partial charge in [-0.1, -0.05) is 12.1 Å². The van der Waals surface area contributed by atoms with Crippen LogP contribution in [0.2, 0.25) is 0 Å². The third kappa shape index (κ3) is 5.23. The van der Waals surface area contributed by atoms with Crippen molar-refractivity contribution in [1.82, 2.24) is 9.62 Å². The minimum atomic E-state index is -3.27. The molecule has 1 N–H and O–H groups in total. The number of hydrogen-bond acceptors (Lipinski definition) is 3. The zero-order valence-electron chi connectivity index (χ0n) is 12.3. The average Bonchev–Trinajstić information content (AvgIpc) is 2.45. The number of sulfonamides is 1. The number of benzene rings is 1. The molecule has 120 valence electrons. The van der Waals surface area contributed by atoms with Crippen LogP contribution in [-0.2, 0) is 14.8 Å². The summed E-state index contributed by atoms with van der Waals surface area (Å²) in [6.07, 6.45) is 5.63. The highest BCUT2D eigenvalue weighted by Crippen LogP contribution is 2.12. The number of halogens is 1. The minimum absolute atomic E-state index is 0.177. The van der Waals surface area contributed by atoms with Crippen LogP contribution in [0.5, 0.6) is 0 Å². The number of amides is 1. The fraction of sp³-hybridized carbons (Fsp3) is 0.400. The number of piperidine rings is 1. The molecule has 0 spiro atoms. The Balaban J connectivity index is 1.95. The molecule has 1 heterocycles. The molecule has 7 heteroatoms. The van der Waals surface area contributed by atoms with Gasteiger partial charge in [-0.15, -0.1) is 0 Å². The minimum Gasteiger partial charge on any atom is -0.338 e. The van der Waals surface area contributed by atoms with E-state index >= 15 is 0 Å². The van der Waals surface area contributed by atoms with Crippen molar-refractivity contribution in [1.29, 1.82) is 0 Å². The quantitative estimate of drug-likeness (QED) is 0.850. The molecule has 0 radical (unpaired) electrons. The van der Waals surface area contributed by atoms with Gasteiger partial charge in [0.2, 0.25) is 15.9 Å². The van der Waals surface area contributed by atoms with E-state index in [-0.39, 0.29) is 17.8 Å². The van der Waals surface area contributed by atoms with Gasteiger partial charge in [-0.25, -0.2) is 17.5 Å². The zero-order chi connectivity index (χ0) is 16.2. The van der Waals surface area contributed by atoms with Crippen LogP contribution in [0.1, 0.15) is 18.4 Å². The number of rotatable bonds is 4. The molecule has 1 unspecified atom stereocenters. The molecule has 0 aliphatic carbocycles. The molecule has 0 bridgehead atoms. The van der Waals surface area contributed by atoms with Crippen molar-refractivity contribution in [3.63, 3.8) is 0 Å². The lowest BCUT2D eigenvalue weighted by atomic mass is 10.1. The van der Waals surface area contributed by atoms with Crippen LogP contribution < -0.4 is 4.72 Å². The van der Waals surface area contributed by atoms with Gasteiger partial charge in [0, 0.05) is 25.2 Å². The van der Waals surface area contributed by atoms with Crippen molar-refractivity contribution < 1.29 is 17.6 Å². The van der Waals surface area contributed by atoms with E-state index in [1.54, 1.807) is 23.1 Å². The van der Waals surface area contributed by atoms with Gasteiger partial charge in [-0.3, -0.25) is 4.79 Å².